The average Bonchev–Trinajstić information content (AvgIpc) is 2.36. The van der Waals surface area contributed by atoms with Gasteiger partial charge in [-0.15, -0.1) is 0 Å². The Morgan fingerprint density at radius 1 is 0.798 bits per heavy atom. The lowest BCUT2D eigenvalue weighted by Crippen LogP contribution is -2.54. The number of imidazole rings is 1. The van der Waals surface area contributed by atoms with E-state index in [9.17, 15) is 38.7 Å². The maximum atomic E-state index is 13.7. The Morgan fingerprint density at radius 2 is 1.45 bits per heavy atom. The van der Waals surface area contributed by atoms with Crippen LogP contribution < -0.4 is 42.2 Å². The molecule has 0 radical (unpaired) electrons. The van der Waals surface area contributed by atoms with Gasteiger partial charge in [-0.25, -0.2) is 9.59 Å². The molecule has 0 saturated carbocycles. The van der Waals surface area contributed by atoms with Gasteiger partial charge in [0.25, 0.3) is 17.8 Å². The second kappa shape index (κ2) is 31.0. The highest BCUT2D eigenvalue weighted by molar-refractivity contribution is 6.12. The summed E-state index contributed by atoms with van der Waals surface area (Å²) in [7, 11) is 1.62. The number of nitrogens with zero attached hydrogens (tertiary/aromatic N) is 7. The van der Waals surface area contributed by atoms with E-state index in [1.807, 2.05) is 19.1 Å². The monoisotopic (exact) mass is 1170 g/mol. The smallest absolute Gasteiger partial charge is 0.410 e. The molecule has 2 aromatic heterocycles. The number of nitrogens with two attached hydrogens (primary N) is 2. The number of imide groups is 1. The standard InChI is InChI=1S/C57H79N13O14/c1-5-83-54-65-49(58)48-50(66-54)70(55(77)64-48)35-40-11-8-39(33-43(40)79-4)34-67-22-17-57(18-23-67)19-24-68(25-20-57)56(78)84-36-38-9-12-41(13-10-38)61-51(74)42(7-6-21-60-53(59)76)62-52(75)47(37(2)3)63-44(71)16-27-80-29-31-82-32-30-81-28-26-69-45(72)14-15-46(69)73/h8-15,33,37,42,47H,5-7,16-32,34-36H2,1-4H3,(H,61,74)(H,62,75)(H,63,71)(H,64,77)(H2,58,65,66)(H3,59,60,76)/t42-,47-/m0/s1. The molecule has 27 heteroatoms. The number of primary amides is 1. The number of benzene rings is 2. The van der Waals surface area contributed by atoms with Crippen LogP contribution in [0.1, 0.15) is 82.4 Å². The molecule has 7 rings (SSSR count). The van der Waals surface area contributed by atoms with Crippen molar-refractivity contribution >= 4 is 64.3 Å². The van der Waals surface area contributed by atoms with Crippen LogP contribution >= 0.6 is 0 Å². The van der Waals surface area contributed by atoms with Gasteiger partial charge in [0.05, 0.1) is 66.4 Å². The summed E-state index contributed by atoms with van der Waals surface area (Å²) in [6, 6.07) is 9.99. The minimum Gasteiger partial charge on any atom is -0.496 e. The van der Waals surface area contributed by atoms with Gasteiger partial charge < -0.3 is 71.2 Å². The number of anilines is 2. The first-order chi connectivity index (χ1) is 40.4. The largest absolute Gasteiger partial charge is 0.496 e. The van der Waals surface area contributed by atoms with Gasteiger partial charge in [0.1, 0.15) is 24.4 Å². The quantitative estimate of drug-likeness (QED) is 0.0281. The molecule has 0 unspecified atom stereocenters. The SMILES string of the molecule is CCOc1nc(N)c2nc(O)n(Cc3ccc(CN4CCC5(CC4)CCN(C(=O)OCc4ccc(NC(=O)[C@H](CCCNC(N)=O)NC(=O)[C@@H](NC(=O)CCOCCOCCOCCN6C(=O)C=CC6=O)C(C)C)cc4)CC5)cc3OC)c2n1. The molecule has 2 atom stereocenters. The van der Waals surface area contributed by atoms with Gasteiger partial charge in [-0.1, -0.05) is 38.1 Å². The lowest BCUT2D eigenvalue weighted by atomic mass is 9.71. The Kier molecular flexibility index (Phi) is 23.4. The summed E-state index contributed by atoms with van der Waals surface area (Å²) in [5.41, 5.74) is 15.2. The molecule has 456 valence electrons. The number of piperidine rings is 2. The van der Waals surface area contributed by atoms with Crippen molar-refractivity contribution in [3.05, 3.63) is 71.3 Å². The molecule has 2 aromatic carbocycles. The molecule has 4 aromatic rings. The highest BCUT2D eigenvalue weighted by Crippen LogP contribution is 2.42. The fourth-order valence-electron chi connectivity index (χ4n) is 10.1. The van der Waals surface area contributed by atoms with Crippen molar-refractivity contribution in [1.29, 1.82) is 0 Å². The Labute approximate surface area is 487 Å². The van der Waals surface area contributed by atoms with Crippen LogP contribution in [0.5, 0.6) is 17.8 Å². The van der Waals surface area contributed by atoms with Crippen molar-refractivity contribution in [3.8, 4) is 17.8 Å². The molecule has 84 heavy (non-hydrogen) atoms. The van der Waals surface area contributed by atoms with Crippen molar-refractivity contribution in [2.75, 3.05) is 104 Å². The summed E-state index contributed by atoms with van der Waals surface area (Å²) >= 11 is 0. The fraction of sp³-hybridized carbons (Fsp3) is 0.544. The summed E-state index contributed by atoms with van der Waals surface area (Å²) in [5.74, 6) is -1.82. The zero-order chi connectivity index (χ0) is 60.2. The van der Waals surface area contributed by atoms with Crippen LogP contribution in [0.15, 0.2) is 54.6 Å². The summed E-state index contributed by atoms with van der Waals surface area (Å²) in [6.07, 6.45) is 6.23. The van der Waals surface area contributed by atoms with Crippen LogP contribution in [0.2, 0.25) is 0 Å². The normalized spacial score (nSPS) is 15.8. The van der Waals surface area contributed by atoms with Gasteiger partial charge in [0.2, 0.25) is 17.7 Å². The van der Waals surface area contributed by atoms with Gasteiger partial charge in [0, 0.05) is 56.0 Å². The van der Waals surface area contributed by atoms with Gasteiger partial charge in [-0.3, -0.25) is 38.3 Å². The minimum atomic E-state index is -1.05. The van der Waals surface area contributed by atoms with Crippen LogP contribution in [0.4, 0.5) is 21.1 Å². The van der Waals surface area contributed by atoms with E-state index in [0.29, 0.717) is 48.8 Å². The number of nitrogens with one attached hydrogen (secondary N) is 4. The number of nitrogen functional groups attached to an aromatic ring is 1. The third-order valence-electron chi connectivity index (χ3n) is 15.0. The molecule has 8 amide bonds. The van der Waals surface area contributed by atoms with E-state index < -0.39 is 35.8 Å². The van der Waals surface area contributed by atoms with E-state index in [0.717, 1.165) is 61.3 Å². The highest BCUT2D eigenvalue weighted by Gasteiger charge is 2.39. The number of aromatic hydroxyl groups is 1. The van der Waals surface area contributed by atoms with Crippen LogP contribution in [0.25, 0.3) is 11.2 Å². The molecule has 3 aliphatic heterocycles. The first kappa shape index (κ1) is 63.4. The van der Waals surface area contributed by atoms with E-state index in [1.165, 1.54) is 12.2 Å². The highest BCUT2D eigenvalue weighted by atomic mass is 16.6. The van der Waals surface area contributed by atoms with Crippen LogP contribution in [-0.4, -0.2) is 186 Å². The number of likely N-dealkylation sites (tertiary alicyclic amines) is 2. The summed E-state index contributed by atoms with van der Waals surface area (Å²) in [6.45, 7) is 11.3. The topological polar surface area (TPSA) is 349 Å². The molecule has 2 fully saturated rings. The van der Waals surface area contributed by atoms with E-state index in [-0.39, 0.29) is 131 Å². The molecule has 3 aliphatic rings. The maximum absolute atomic E-state index is 13.7. The predicted octanol–water partition coefficient (Wildman–Crippen LogP) is 2.96. The molecule has 0 bridgehead atoms. The molecule has 0 aliphatic carbocycles. The van der Waals surface area contributed by atoms with Gasteiger partial charge in [-0.05, 0) is 99.2 Å². The minimum absolute atomic E-state index is 0.0259. The Hall–Kier alpha value is -8.14. The molecule has 2 saturated heterocycles. The first-order valence-electron chi connectivity index (χ1n) is 28.4. The van der Waals surface area contributed by atoms with Crippen LogP contribution in [0, 0.1) is 11.3 Å². The van der Waals surface area contributed by atoms with Crippen LogP contribution in [-0.2, 0) is 62.6 Å². The van der Waals surface area contributed by atoms with E-state index in [2.05, 4.69) is 47.2 Å². The summed E-state index contributed by atoms with van der Waals surface area (Å²) in [4.78, 5) is 106. The summed E-state index contributed by atoms with van der Waals surface area (Å²) in [5, 5.41) is 21.6. The van der Waals surface area contributed by atoms with Crippen molar-refractivity contribution in [2.45, 2.75) is 97.5 Å². The van der Waals surface area contributed by atoms with Gasteiger partial charge in [-0.2, -0.15) is 15.0 Å². The first-order valence-corrected chi connectivity index (χ1v) is 28.4. The number of aromatic nitrogens is 4. The van der Waals surface area contributed by atoms with Crippen LogP contribution in [0.3, 0.4) is 0 Å². The van der Waals surface area contributed by atoms with E-state index >= 15 is 0 Å². The number of hydrogen-bond donors (Lipinski definition) is 7. The Balaban J connectivity index is 0.799. The summed E-state index contributed by atoms with van der Waals surface area (Å²) < 4.78 is 35.0. The van der Waals surface area contributed by atoms with Crippen molar-refractivity contribution < 1.29 is 67.1 Å². The second-order valence-corrected chi connectivity index (χ2v) is 21.2. The predicted molar refractivity (Wildman–Crippen MR) is 306 cm³/mol. The lowest BCUT2D eigenvalue weighted by molar-refractivity contribution is -0.137. The van der Waals surface area contributed by atoms with E-state index in [4.69, 9.17) is 39.9 Å². The Bertz CT molecular complexity index is 2920. The fourth-order valence-corrected chi connectivity index (χ4v) is 10.1. The average molecular weight is 1170 g/mol. The maximum Gasteiger partial charge on any atom is 0.410 e. The zero-order valence-corrected chi connectivity index (χ0v) is 48.2. The second-order valence-electron chi connectivity index (χ2n) is 21.2. The third kappa shape index (κ3) is 18.2. The number of carbonyl (C=O) groups excluding carboxylic acids is 7. The number of rotatable bonds is 31. The lowest BCUT2D eigenvalue weighted by Gasteiger charge is -2.46. The number of urea groups is 1. The zero-order valence-electron chi connectivity index (χ0n) is 48.2. The van der Waals surface area contributed by atoms with Crippen molar-refractivity contribution in [2.24, 2.45) is 17.1 Å². The molecule has 9 N–H and O–H groups in total. The number of ether oxygens (including phenoxy) is 6. The van der Waals surface area contributed by atoms with Gasteiger partial charge in [0.15, 0.2) is 17.0 Å². The number of carbonyl (C=O) groups is 7. The molecular weight excluding hydrogens is 1090 g/mol. The molecule has 27 nitrogen and oxygen atoms in total. The van der Waals surface area contributed by atoms with Crippen molar-refractivity contribution in [1.82, 2.24) is 50.2 Å². The molecular formula is C57H79N13O14. The number of fused-ring (bicyclic) bond motifs is 1. The molecule has 5 heterocycles. The number of hydrogen-bond acceptors (Lipinski definition) is 19. The number of amides is 8. The number of methoxy groups -OCH3 is 1. The third-order valence-corrected chi connectivity index (χ3v) is 15.0. The van der Waals surface area contributed by atoms with Gasteiger partial charge >= 0.3 is 18.1 Å². The van der Waals surface area contributed by atoms with Crippen molar-refractivity contribution in [3.63, 3.8) is 0 Å². The molecule has 1 spiro atoms. The van der Waals surface area contributed by atoms with E-state index in [1.54, 1.807) is 54.7 Å². The Morgan fingerprint density at radius 3 is 2.11 bits per heavy atom.